The topological polar surface area (TPSA) is 40.5 Å². The Bertz CT molecular complexity index is 621. The predicted molar refractivity (Wildman–Crippen MR) is 100 cm³/mol. The van der Waals surface area contributed by atoms with Gasteiger partial charge in [0.25, 0.3) is 0 Å². The molecule has 2 aromatic rings. The van der Waals surface area contributed by atoms with Crippen molar-refractivity contribution in [3.05, 3.63) is 36.9 Å². The maximum absolute atomic E-state index is 4.72. The molecule has 4 nitrogen and oxygen atoms in total. The van der Waals surface area contributed by atoms with Crippen molar-refractivity contribution in [3.8, 4) is 0 Å². The summed E-state index contributed by atoms with van der Waals surface area (Å²) in [5, 5.41) is 6.56. The van der Waals surface area contributed by atoms with Crippen molar-refractivity contribution in [2.24, 2.45) is 4.99 Å². The van der Waals surface area contributed by atoms with Crippen LogP contribution in [0.2, 0.25) is 0 Å². The average Bonchev–Trinajstić information content (AvgIpc) is 3.06. The van der Waals surface area contributed by atoms with E-state index < -0.39 is 0 Å². The van der Waals surface area contributed by atoms with Crippen molar-refractivity contribution in [3.63, 3.8) is 0 Å². The molecule has 7 heteroatoms. The molecule has 0 amide bonds. The molecule has 2 rings (SSSR count). The van der Waals surface area contributed by atoms with E-state index in [0.29, 0.717) is 0 Å². The number of thiophene rings is 1. The van der Waals surface area contributed by atoms with Gasteiger partial charge in [-0.15, -0.1) is 22.7 Å². The second-order valence-electron chi connectivity index (χ2n) is 4.91. The first-order chi connectivity index (χ1) is 10.6. The summed E-state index contributed by atoms with van der Waals surface area (Å²) in [4.78, 5) is 12.7. The van der Waals surface area contributed by atoms with Crippen molar-refractivity contribution in [2.75, 3.05) is 20.1 Å². The number of aryl methyl sites for hydroxylation is 1. The monoisotopic (exact) mass is 400 g/mol. The van der Waals surface area contributed by atoms with E-state index in [-0.39, 0.29) is 0 Å². The molecule has 1 N–H and O–H groups in total. The molecule has 0 saturated heterocycles. The Kier molecular flexibility index (Phi) is 6.85. The van der Waals surface area contributed by atoms with Crippen LogP contribution in [0.4, 0.5) is 0 Å². The fraction of sp³-hybridized carbons (Fsp3) is 0.467. The van der Waals surface area contributed by atoms with Crippen LogP contribution < -0.4 is 5.32 Å². The van der Waals surface area contributed by atoms with Crippen LogP contribution in [0, 0.1) is 6.92 Å². The van der Waals surface area contributed by atoms with E-state index in [2.05, 4.69) is 62.6 Å². The summed E-state index contributed by atoms with van der Waals surface area (Å²) in [6.07, 6.45) is 0.967. The molecule has 0 bridgehead atoms. The number of hydrogen-bond donors (Lipinski definition) is 1. The molecular weight excluding hydrogens is 380 g/mol. The molecule has 0 unspecified atom stereocenters. The molecule has 0 aromatic carbocycles. The minimum atomic E-state index is 0.778. The lowest BCUT2D eigenvalue weighted by Gasteiger charge is -2.21. The Morgan fingerprint density at radius 3 is 2.86 bits per heavy atom. The average molecular weight is 401 g/mol. The van der Waals surface area contributed by atoms with E-state index >= 15 is 0 Å². The Balaban J connectivity index is 1.93. The number of nitrogens with zero attached hydrogens (tertiary/aromatic N) is 3. The Hall–Kier alpha value is -0.920. The van der Waals surface area contributed by atoms with E-state index in [4.69, 9.17) is 4.99 Å². The number of thiazole rings is 1. The molecule has 0 aliphatic carbocycles. The first kappa shape index (κ1) is 17.4. The van der Waals surface area contributed by atoms with Crippen molar-refractivity contribution >= 4 is 44.6 Å². The van der Waals surface area contributed by atoms with Crippen LogP contribution in [0.15, 0.2) is 26.3 Å². The normalized spacial score (nSPS) is 11.7. The van der Waals surface area contributed by atoms with Gasteiger partial charge in [0.2, 0.25) is 0 Å². The molecule has 0 aliphatic heterocycles. The van der Waals surface area contributed by atoms with E-state index in [1.165, 1.54) is 8.66 Å². The molecule has 2 heterocycles. The zero-order chi connectivity index (χ0) is 15.9. The zero-order valence-electron chi connectivity index (χ0n) is 13.1. The van der Waals surface area contributed by atoms with Gasteiger partial charge in [-0.25, -0.2) is 4.98 Å². The predicted octanol–water partition coefficient (Wildman–Crippen LogP) is 3.92. The van der Waals surface area contributed by atoms with Crippen LogP contribution >= 0.6 is 38.6 Å². The first-order valence-corrected chi connectivity index (χ1v) is 9.72. The number of guanidine groups is 1. The fourth-order valence-electron chi connectivity index (χ4n) is 2.03. The van der Waals surface area contributed by atoms with Gasteiger partial charge in [0.05, 0.1) is 21.0 Å². The maximum atomic E-state index is 4.72. The zero-order valence-corrected chi connectivity index (χ0v) is 16.3. The molecule has 22 heavy (non-hydrogen) atoms. The minimum absolute atomic E-state index is 0.778. The quantitative estimate of drug-likeness (QED) is 0.589. The number of halogens is 1. The van der Waals surface area contributed by atoms with E-state index in [0.717, 1.165) is 42.7 Å². The largest absolute Gasteiger partial charge is 0.357 e. The Labute approximate surface area is 148 Å². The standard InChI is InChI=1S/C15H21BrN4S2/c1-4-17-15(18-8-7-13-5-6-14(16)22-13)20(3)9-12-10-21-11(2)19-12/h5-6,10H,4,7-9H2,1-3H3,(H,17,18). The van der Waals surface area contributed by atoms with Gasteiger partial charge in [0, 0.05) is 36.8 Å². The lowest BCUT2D eigenvalue weighted by Crippen LogP contribution is -2.38. The summed E-state index contributed by atoms with van der Waals surface area (Å²) >= 11 is 6.96. The number of aromatic nitrogens is 1. The second kappa shape index (κ2) is 8.64. The third-order valence-electron chi connectivity index (χ3n) is 3.01. The number of hydrogen-bond acceptors (Lipinski definition) is 4. The first-order valence-electron chi connectivity index (χ1n) is 7.23. The van der Waals surface area contributed by atoms with E-state index in [9.17, 15) is 0 Å². The minimum Gasteiger partial charge on any atom is -0.357 e. The molecule has 0 spiro atoms. The summed E-state index contributed by atoms with van der Waals surface area (Å²) in [6.45, 7) is 6.56. The molecule has 2 aromatic heterocycles. The van der Waals surface area contributed by atoms with Gasteiger partial charge >= 0.3 is 0 Å². The van der Waals surface area contributed by atoms with Crippen LogP contribution in [-0.4, -0.2) is 36.0 Å². The van der Waals surface area contributed by atoms with Crippen LogP contribution in [0.5, 0.6) is 0 Å². The summed E-state index contributed by atoms with van der Waals surface area (Å²) in [5.41, 5.74) is 1.10. The van der Waals surface area contributed by atoms with Gasteiger partial charge in [-0.2, -0.15) is 0 Å². The van der Waals surface area contributed by atoms with Gasteiger partial charge in [-0.1, -0.05) is 0 Å². The van der Waals surface area contributed by atoms with Crippen LogP contribution in [-0.2, 0) is 13.0 Å². The second-order valence-corrected chi connectivity index (χ2v) is 8.52. The van der Waals surface area contributed by atoms with Gasteiger partial charge in [0.1, 0.15) is 0 Å². The third-order valence-corrected chi connectivity index (χ3v) is 5.52. The smallest absolute Gasteiger partial charge is 0.194 e. The molecule has 0 fully saturated rings. The van der Waals surface area contributed by atoms with Crippen LogP contribution in [0.25, 0.3) is 0 Å². The highest BCUT2D eigenvalue weighted by Crippen LogP contribution is 2.22. The van der Waals surface area contributed by atoms with Crippen molar-refractivity contribution in [1.29, 1.82) is 0 Å². The third kappa shape index (κ3) is 5.37. The van der Waals surface area contributed by atoms with Crippen molar-refractivity contribution in [2.45, 2.75) is 26.8 Å². The van der Waals surface area contributed by atoms with Crippen LogP contribution in [0.3, 0.4) is 0 Å². The molecule has 0 aliphatic rings. The summed E-state index contributed by atoms with van der Waals surface area (Å²) < 4.78 is 1.18. The van der Waals surface area contributed by atoms with Crippen LogP contribution in [0.1, 0.15) is 22.5 Å². The summed E-state index contributed by atoms with van der Waals surface area (Å²) in [5.74, 6) is 0.934. The van der Waals surface area contributed by atoms with Gasteiger partial charge in [0.15, 0.2) is 5.96 Å². The molecule has 0 saturated carbocycles. The highest BCUT2D eigenvalue weighted by atomic mass is 79.9. The van der Waals surface area contributed by atoms with Crippen molar-refractivity contribution < 1.29 is 0 Å². The van der Waals surface area contributed by atoms with Gasteiger partial charge < -0.3 is 10.2 Å². The number of aliphatic imine (C=N–C) groups is 1. The van der Waals surface area contributed by atoms with E-state index in [1.807, 2.05) is 6.92 Å². The lowest BCUT2D eigenvalue weighted by atomic mass is 10.3. The van der Waals surface area contributed by atoms with Crippen molar-refractivity contribution in [1.82, 2.24) is 15.2 Å². The highest BCUT2D eigenvalue weighted by molar-refractivity contribution is 9.11. The summed E-state index contributed by atoms with van der Waals surface area (Å²) in [6, 6.07) is 4.24. The highest BCUT2D eigenvalue weighted by Gasteiger charge is 2.08. The molecule has 120 valence electrons. The van der Waals surface area contributed by atoms with Gasteiger partial charge in [-0.3, -0.25) is 4.99 Å². The fourth-order valence-corrected chi connectivity index (χ4v) is 4.10. The number of nitrogens with one attached hydrogen (secondary N) is 1. The van der Waals surface area contributed by atoms with Gasteiger partial charge in [-0.05, 0) is 41.9 Å². The lowest BCUT2D eigenvalue weighted by molar-refractivity contribution is 0.471. The summed E-state index contributed by atoms with van der Waals surface area (Å²) in [7, 11) is 2.05. The SMILES string of the molecule is CCNC(=NCCc1ccc(Br)s1)N(C)Cc1csc(C)n1. The molecule has 0 radical (unpaired) electrons. The Morgan fingerprint density at radius 1 is 1.45 bits per heavy atom. The molecule has 0 atom stereocenters. The number of rotatable bonds is 6. The Morgan fingerprint density at radius 2 is 2.27 bits per heavy atom. The molecular formula is C15H21BrN4S2. The maximum Gasteiger partial charge on any atom is 0.194 e. The van der Waals surface area contributed by atoms with E-state index in [1.54, 1.807) is 22.7 Å².